The minimum atomic E-state index is 0.126. The molecule has 0 spiro atoms. The summed E-state index contributed by atoms with van der Waals surface area (Å²) in [5, 5.41) is 0. The average Bonchev–Trinajstić information content (AvgIpc) is 2.05. The van der Waals surface area contributed by atoms with Crippen molar-refractivity contribution in [3.05, 3.63) is 30.1 Å². The van der Waals surface area contributed by atoms with Crippen LogP contribution in [0.1, 0.15) is 18.5 Å². The van der Waals surface area contributed by atoms with Crippen LogP contribution in [-0.2, 0) is 0 Å². The maximum atomic E-state index is 5.21. The van der Waals surface area contributed by atoms with Gasteiger partial charge in [0.1, 0.15) is 0 Å². The molecule has 0 radical (unpaired) electrons. The summed E-state index contributed by atoms with van der Waals surface area (Å²) in [6.45, 7) is 1.96. The number of pyridine rings is 1. The fourth-order valence-corrected chi connectivity index (χ4v) is 0.717. The summed E-state index contributed by atoms with van der Waals surface area (Å²) < 4.78 is 0. The predicted octanol–water partition coefficient (Wildman–Crippen LogP) is 1.82. The highest BCUT2D eigenvalue weighted by atomic mass is 14.7. The van der Waals surface area contributed by atoms with Crippen molar-refractivity contribution in [3.8, 4) is 12.3 Å². The summed E-state index contributed by atoms with van der Waals surface area (Å²) in [4.78, 5) is 4.11. The van der Waals surface area contributed by atoms with E-state index in [1.54, 1.807) is 6.20 Å². The van der Waals surface area contributed by atoms with Crippen molar-refractivity contribution in [2.24, 2.45) is 0 Å². The van der Waals surface area contributed by atoms with E-state index in [1.165, 1.54) is 0 Å². The largest absolute Gasteiger partial charge is 0.260 e. The Morgan fingerprint density at radius 1 is 1.60 bits per heavy atom. The first-order valence-corrected chi connectivity index (χ1v) is 3.21. The molecule has 1 aromatic heterocycles. The van der Waals surface area contributed by atoms with Gasteiger partial charge in [-0.3, -0.25) is 4.98 Å². The fraction of sp³-hybridized carbons (Fsp3) is 0.222. The van der Waals surface area contributed by atoms with Crippen LogP contribution >= 0.6 is 0 Å². The van der Waals surface area contributed by atoms with Gasteiger partial charge in [0, 0.05) is 6.20 Å². The summed E-state index contributed by atoms with van der Waals surface area (Å²) in [6.07, 6.45) is 6.97. The summed E-state index contributed by atoms with van der Waals surface area (Å²) in [5.74, 6) is 2.74. The molecule has 1 aromatic rings. The van der Waals surface area contributed by atoms with Crippen molar-refractivity contribution < 1.29 is 0 Å². The third kappa shape index (κ3) is 1.35. The highest BCUT2D eigenvalue weighted by Crippen LogP contribution is 2.08. The van der Waals surface area contributed by atoms with Crippen molar-refractivity contribution in [2.45, 2.75) is 12.8 Å². The maximum absolute atomic E-state index is 5.21. The van der Waals surface area contributed by atoms with E-state index in [-0.39, 0.29) is 5.92 Å². The first kappa shape index (κ1) is 6.82. The number of hydrogen-bond donors (Lipinski definition) is 0. The number of nitrogens with zero attached hydrogens (tertiary/aromatic N) is 1. The van der Waals surface area contributed by atoms with Crippen LogP contribution in [0.4, 0.5) is 0 Å². The van der Waals surface area contributed by atoms with Crippen LogP contribution in [0.3, 0.4) is 0 Å². The van der Waals surface area contributed by atoms with E-state index in [0.29, 0.717) is 0 Å². The molecule has 1 nitrogen and oxygen atoms in total. The second-order valence-corrected chi connectivity index (χ2v) is 2.14. The van der Waals surface area contributed by atoms with E-state index in [9.17, 15) is 0 Å². The Bertz CT molecular complexity index is 233. The zero-order valence-electron chi connectivity index (χ0n) is 5.91. The molecule has 0 aliphatic heterocycles. The average molecular weight is 131 g/mol. The lowest BCUT2D eigenvalue weighted by Gasteiger charge is -1.99. The normalized spacial score (nSPS) is 12.0. The van der Waals surface area contributed by atoms with Gasteiger partial charge in [-0.25, -0.2) is 0 Å². The Hall–Kier alpha value is -1.29. The fourth-order valence-electron chi connectivity index (χ4n) is 0.717. The molecule has 0 fully saturated rings. The van der Waals surface area contributed by atoms with Crippen LogP contribution in [-0.4, -0.2) is 4.98 Å². The lowest BCUT2D eigenvalue weighted by molar-refractivity contribution is 0.937. The minimum absolute atomic E-state index is 0.126. The minimum Gasteiger partial charge on any atom is -0.260 e. The number of hydrogen-bond acceptors (Lipinski definition) is 1. The van der Waals surface area contributed by atoms with Crippen molar-refractivity contribution in [1.29, 1.82) is 0 Å². The monoisotopic (exact) mass is 131 g/mol. The number of rotatable bonds is 1. The Morgan fingerprint density at radius 3 is 2.90 bits per heavy atom. The molecule has 1 heterocycles. The van der Waals surface area contributed by atoms with Crippen LogP contribution in [0.25, 0.3) is 0 Å². The van der Waals surface area contributed by atoms with Crippen LogP contribution < -0.4 is 0 Å². The second kappa shape index (κ2) is 3.03. The molecule has 0 saturated carbocycles. The number of aromatic nitrogens is 1. The zero-order valence-corrected chi connectivity index (χ0v) is 5.91. The van der Waals surface area contributed by atoms with Crippen LogP contribution in [0, 0.1) is 12.3 Å². The molecule has 0 saturated heterocycles. The molecule has 0 aliphatic carbocycles. The smallest absolute Gasteiger partial charge is 0.0594 e. The molecule has 1 heteroatoms. The molecular formula is C9H9N. The van der Waals surface area contributed by atoms with Gasteiger partial charge in [-0.05, 0) is 19.1 Å². The van der Waals surface area contributed by atoms with E-state index in [1.807, 2.05) is 25.1 Å². The van der Waals surface area contributed by atoms with Gasteiger partial charge in [-0.2, -0.15) is 0 Å². The highest BCUT2D eigenvalue weighted by Gasteiger charge is 1.98. The van der Waals surface area contributed by atoms with Crippen LogP contribution in [0.5, 0.6) is 0 Å². The van der Waals surface area contributed by atoms with Crippen LogP contribution in [0.15, 0.2) is 24.4 Å². The topological polar surface area (TPSA) is 12.9 Å². The third-order valence-corrected chi connectivity index (χ3v) is 1.38. The molecule has 0 bridgehead atoms. The standard InChI is InChI=1S/C9H9N/c1-3-8(2)9-6-4-5-7-10-9/h1,4-8H,2H3/t8-/m0/s1. The molecular weight excluding hydrogens is 122 g/mol. The summed E-state index contributed by atoms with van der Waals surface area (Å²) in [6, 6.07) is 5.76. The summed E-state index contributed by atoms with van der Waals surface area (Å²) in [5.41, 5.74) is 0.963. The van der Waals surface area contributed by atoms with Crippen molar-refractivity contribution in [1.82, 2.24) is 4.98 Å². The van der Waals surface area contributed by atoms with Crippen molar-refractivity contribution in [2.75, 3.05) is 0 Å². The maximum Gasteiger partial charge on any atom is 0.0594 e. The van der Waals surface area contributed by atoms with Gasteiger partial charge < -0.3 is 0 Å². The highest BCUT2D eigenvalue weighted by molar-refractivity contribution is 5.17. The van der Waals surface area contributed by atoms with E-state index in [0.717, 1.165) is 5.69 Å². The van der Waals surface area contributed by atoms with E-state index < -0.39 is 0 Å². The lowest BCUT2D eigenvalue weighted by Crippen LogP contribution is -1.91. The van der Waals surface area contributed by atoms with Crippen LogP contribution in [0.2, 0.25) is 0 Å². The Morgan fingerprint density at radius 2 is 2.40 bits per heavy atom. The molecule has 1 rings (SSSR count). The van der Waals surface area contributed by atoms with Gasteiger partial charge in [0.15, 0.2) is 0 Å². The molecule has 50 valence electrons. The molecule has 0 aromatic carbocycles. The van der Waals surface area contributed by atoms with Gasteiger partial charge >= 0.3 is 0 Å². The molecule has 0 N–H and O–H groups in total. The first-order valence-electron chi connectivity index (χ1n) is 3.21. The van der Waals surface area contributed by atoms with Gasteiger partial charge in [0.25, 0.3) is 0 Å². The second-order valence-electron chi connectivity index (χ2n) is 2.14. The SMILES string of the molecule is C#C[C@H](C)c1ccccn1. The zero-order chi connectivity index (χ0) is 7.40. The van der Waals surface area contributed by atoms with Crippen molar-refractivity contribution >= 4 is 0 Å². The van der Waals surface area contributed by atoms with Gasteiger partial charge in [-0.15, -0.1) is 6.42 Å². The van der Waals surface area contributed by atoms with Gasteiger partial charge in [-0.1, -0.05) is 12.0 Å². The van der Waals surface area contributed by atoms with E-state index in [2.05, 4.69) is 10.9 Å². The first-order chi connectivity index (χ1) is 4.84. The number of terminal acetylenes is 1. The van der Waals surface area contributed by atoms with Gasteiger partial charge in [0.05, 0.1) is 11.6 Å². The van der Waals surface area contributed by atoms with E-state index >= 15 is 0 Å². The predicted molar refractivity (Wildman–Crippen MR) is 41.5 cm³/mol. The summed E-state index contributed by atoms with van der Waals surface area (Å²) in [7, 11) is 0. The Labute approximate surface area is 61.1 Å². The molecule has 10 heavy (non-hydrogen) atoms. The Balaban J connectivity index is 2.88. The molecule has 0 unspecified atom stereocenters. The van der Waals surface area contributed by atoms with Crippen molar-refractivity contribution in [3.63, 3.8) is 0 Å². The van der Waals surface area contributed by atoms with E-state index in [4.69, 9.17) is 6.42 Å². The summed E-state index contributed by atoms with van der Waals surface area (Å²) >= 11 is 0. The molecule has 1 atom stereocenters. The van der Waals surface area contributed by atoms with Gasteiger partial charge in [0.2, 0.25) is 0 Å². The lowest BCUT2D eigenvalue weighted by atomic mass is 10.1. The molecule has 0 amide bonds. The quantitative estimate of drug-likeness (QED) is 0.530. The third-order valence-electron chi connectivity index (χ3n) is 1.38. The Kier molecular flexibility index (Phi) is 2.07. The molecule has 0 aliphatic rings.